The summed E-state index contributed by atoms with van der Waals surface area (Å²) in [4.78, 5) is 0. The minimum atomic E-state index is 0.738. The summed E-state index contributed by atoms with van der Waals surface area (Å²) in [5, 5.41) is 0. The summed E-state index contributed by atoms with van der Waals surface area (Å²) in [5.41, 5.74) is 0. The van der Waals surface area contributed by atoms with Crippen LogP contribution in [-0.2, 0) is 0 Å². The highest BCUT2D eigenvalue weighted by Crippen LogP contribution is 2.02. The SMILES string of the molecule is [CH2]CC[CH]C(C)C. The maximum absolute atomic E-state index is 3.73. The quantitative estimate of drug-likeness (QED) is 0.508. The topological polar surface area (TPSA) is 0 Å². The van der Waals surface area contributed by atoms with Gasteiger partial charge in [-0.25, -0.2) is 0 Å². The van der Waals surface area contributed by atoms with Crippen molar-refractivity contribution in [3.63, 3.8) is 0 Å². The minimum absolute atomic E-state index is 0.738. The van der Waals surface area contributed by atoms with Crippen LogP contribution in [0.25, 0.3) is 0 Å². The van der Waals surface area contributed by atoms with Crippen LogP contribution >= 0.6 is 0 Å². The molecule has 42 valence electrons. The molecular weight excluding hydrogens is 84.1 g/mol. The number of hydrogen-bond acceptors (Lipinski definition) is 0. The van der Waals surface area contributed by atoms with Gasteiger partial charge in [0.25, 0.3) is 0 Å². The van der Waals surface area contributed by atoms with Gasteiger partial charge in [0.15, 0.2) is 0 Å². The molecule has 0 heterocycles. The maximum Gasteiger partial charge on any atom is -0.0360 e. The van der Waals surface area contributed by atoms with E-state index in [1.807, 2.05) is 0 Å². The summed E-state index contributed by atoms with van der Waals surface area (Å²) >= 11 is 0. The van der Waals surface area contributed by atoms with Crippen molar-refractivity contribution in [1.29, 1.82) is 0 Å². The second-order valence-electron chi connectivity index (χ2n) is 2.12. The van der Waals surface area contributed by atoms with Crippen LogP contribution in [0.1, 0.15) is 26.7 Å². The van der Waals surface area contributed by atoms with E-state index < -0.39 is 0 Å². The van der Waals surface area contributed by atoms with Gasteiger partial charge in [0, 0.05) is 0 Å². The Hall–Kier alpha value is 0. The van der Waals surface area contributed by atoms with E-state index in [-0.39, 0.29) is 0 Å². The fourth-order valence-electron chi connectivity index (χ4n) is 0.451. The van der Waals surface area contributed by atoms with E-state index in [0.717, 1.165) is 18.8 Å². The summed E-state index contributed by atoms with van der Waals surface area (Å²) in [6.07, 6.45) is 4.49. The standard InChI is InChI=1S/C7H14/c1-4-5-6-7(2)3/h6-7H,1,4-5H2,2-3H3. The number of rotatable bonds is 3. The second kappa shape index (κ2) is 4.17. The lowest BCUT2D eigenvalue weighted by atomic mass is 10.1. The van der Waals surface area contributed by atoms with Gasteiger partial charge >= 0.3 is 0 Å². The van der Waals surface area contributed by atoms with Crippen LogP contribution in [0.5, 0.6) is 0 Å². The Labute approximate surface area is 46.9 Å². The monoisotopic (exact) mass is 98.1 g/mol. The van der Waals surface area contributed by atoms with Gasteiger partial charge in [-0.3, -0.25) is 0 Å². The zero-order valence-electron chi connectivity index (χ0n) is 5.28. The van der Waals surface area contributed by atoms with Crippen molar-refractivity contribution >= 4 is 0 Å². The van der Waals surface area contributed by atoms with E-state index in [0.29, 0.717) is 0 Å². The van der Waals surface area contributed by atoms with E-state index in [4.69, 9.17) is 0 Å². The van der Waals surface area contributed by atoms with Crippen molar-refractivity contribution < 1.29 is 0 Å². The van der Waals surface area contributed by atoms with Crippen LogP contribution in [0.3, 0.4) is 0 Å². The van der Waals surface area contributed by atoms with Crippen LogP contribution < -0.4 is 0 Å². The van der Waals surface area contributed by atoms with Gasteiger partial charge in [0.2, 0.25) is 0 Å². The van der Waals surface area contributed by atoms with Crippen molar-refractivity contribution in [1.82, 2.24) is 0 Å². The maximum atomic E-state index is 3.73. The van der Waals surface area contributed by atoms with E-state index in [1.54, 1.807) is 0 Å². The van der Waals surface area contributed by atoms with E-state index in [1.165, 1.54) is 0 Å². The third-order valence-electron chi connectivity index (χ3n) is 0.842. The van der Waals surface area contributed by atoms with Crippen molar-refractivity contribution in [3.05, 3.63) is 13.3 Å². The molecule has 0 rings (SSSR count). The molecule has 0 atom stereocenters. The van der Waals surface area contributed by atoms with E-state index >= 15 is 0 Å². The summed E-state index contributed by atoms with van der Waals surface area (Å²) in [7, 11) is 0. The van der Waals surface area contributed by atoms with Crippen molar-refractivity contribution in [2.24, 2.45) is 5.92 Å². The fourth-order valence-corrected chi connectivity index (χ4v) is 0.451. The summed E-state index contributed by atoms with van der Waals surface area (Å²) in [5.74, 6) is 0.738. The first-order chi connectivity index (χ1) is 3.27. The van der Waals surface area contributed by atoms with Crippen molar-refractivity contribution in [3.8, 4) is 0 Å². The number of unbranched alkanes of at least 4 members (excludes halogenated alkanes) is 1. The highest BCUT2D eigenvalue weighted by atomic mass is 13.9. The zero-order valence-corrected chi connectivity index (χ0v) is 5.28. The Morgan fingerprint density at radius 3 is 2.29 bits per heavy atom. The predicted octanol–water partition coefficient (Wildman–Crippen LogP) is 2.46. The zero-order chi connectivity index (χ0) is 5.70. The summed E-state index contributed by atoms with van der Waals surface area (Å²) in [6, 6.07) is 0. The molecule has 0 nitrogen and oxygen atoms in total. The molecule has 0 saturated heterocycles. The van der Waals surface area contributed by atoms with Crippen molar-refractivity contribution in [2.45, 2.75) is 26.7 Å². The largest absolute Gasteiger partial charge is 0.0625 e. The molecule has 0 aromatic carbocycles. The molecule has 2 radical (unpaired) electrons. The Balaban J connectivity index is 2.68. The molecule has 0 aliphatic rings. The highest BCUT2D eigenvalue weighted by Gasteiger charge is 1.89. The Morgan fingerprint density at radius 1 is 1.57 bits per heavy atom. The molecule has 0 aliphatic carbocycles. The second-order valence-corrected chi connectivity index (χ2v) is 2.12. The lowest BCUT2D eigenvalue weighted by Gasteiger charge is -1.98. The van der Waals surface area contributed by atoms with Gasteiger partial charge in [-0.1, -0.05) is 27.2 Å². The first-order valence-corrected chi connectivity index (χ1v) is 2.90. The molecule has 0 unspecified atom stereocenters. The highest BCUT2D eigenvalue weighted by molar-refractivity contribution is 4.68. The van der Waals surface area contributed by atoms with Crippen LogP contribution in [0.4, 0.5) is 0 Å². The predicted molar refractivity (Wildman–Crippen MR) is 33.7 cm³/mol. The summed E-state index contributed by atoms with van der Waals surface area (Å²) in [6.45, 7) is 8.11. The molecule has 0 bridgehead atoms. The molecule has 0 spiro atoms. The van der Waals surface area contributed by atoms with E-state index in [9.17, 15) is 0 Å². The van der Waals surface area contributed by atoms with E-state index in [2.05, 4.69) is 27.2 Å². The molecule has 7 heavy (non-hydrogen) atoms. The first kappa shape index (κ1) is 7.00. The third kappa shape index (κ3) is 6.00. The van der Waals surface area contributed by atoms with Gasteiger partial charge in [-0.15, -0.1) is 0 Å². The minimum Gasteiger partial charge on any atom is -0.0625 e. The fraction of sp³-hybridized carbons (Fsp3) is 0.714. The van der Waals surface area contributed by atoms with Gasteiger partial charge in [-0.2, -0.15) is 0 Å². The molecule has 0 aromatic rings. The Kier molecular flexibility index (Phi) is 4.17. The first-order valence-electron chi connectivity index (χ1n) is 2.90. The van der Waals surface area contributed by atoms with Crippen LogP contribution in [0.15, 0.2) is 0 Å². The van der Waals surface area contributed by atoms with Crippen LogP contribution in [0.2, 0.25) is 0 Å². The van der Waals surface area contributed by atoms with Gasteiger partial charge < -0.3 is 0 Å². The van der Waals surface area contributed by atoms with Gasteiger partial charge in [-0.05, 0) is 18.8 Å². The molecule has 0 amide bonds. The third-order valence-corrected chi connectivity index (χ3v) is 0.842. The molecule has 0 aromatic heterocycles. The lowest BCUT2D eigenvalue weighted by Crippen LogP contribution is -1.85. The molecule has 0 N–H and O–H groups in total. The lowest BCUT2D eigenvalue weighted by molar-refractivity contribution is 0.705. The molecular formula is C7H14. The van der Waals surface area contributed by atoms with Crippen LogP contribution in [-0.4, -0.2) is 0 Å². The molecule has 0 fully saturated rings. The van der Waals surface area contributed by atoms with Gasteiger partial charge in [0.1, 0.15) is 0 Å². The molecule has 0 saturated carbocycles. The number of hydrogen-bond donors (Lipinski definition) is 0. The van der Waals surface area contributed by atoms with Gasteiger partial charge in [0.05, 0.1) is 0 Å². The van der Waals surface area contributed by atoms with Crippen LogP contribution in [0, 0.1) is 19.3 Å². The molecule has 0 heteroatoms. The summed E-state index contributed by atoms with van der Waals surface area (Å²) < 4.78 is 0. The molecule has 0 aliphatic heterocycles. The average Bonchev–Trinajstić information content (AvgIpc) is 1.61. The Morgan fingerprint density at radius 2 is 2.14 bits per heavy atom. The smallest absolute Gasteiger partial charge is 0.0360 e. The Bertz CT molecular complexity index is 29.0. The normalized spacial score (nSPS) is 10.3. The average molecular weight is 98.2 g/mol. The van der Waals surface area contributed by atoms with Crippen molar-refractivity contribution in [2.75, 3.05) is 0 Å².